The summed E-state index contributed by atoms with van der Waals surface area (Å²) >= 11 is 0. The molecule has 2 aromatic carbocycles. The molecule has 0 spiro atoms. The van der Waals surface area contributed by atoms with Gasteiger partial charge in [-0.15, -0.1) is 0 Å². The van der Waals surface area contributed by atoms with Crippen molar-refractivity contribution in [2.24, 2.45) is 0 Å². The number of nitro benzene ring substituents is 1. The highest BCUT2D eigenvalue weighted by Crippen LogP contribution is 2.17. The normalized spacial score (nSPS) is 11.8. The van der Waals surface area contributed by atoms with Gasteiger partial charge in [0.15, 0.2) is 0 Å². The van der Waals surface area contributed by atoms with Gasteiger partial charge in [0.05, 0.1) is 11.5 Å². The Hall–Kier alpha value is -2.77. The van der Waals surface area contributed by atoms with Crippen LogP contribution in [0.15, 0.2) is 48.5 Å². The fourth-order valence-corrected chi connectivity index (χ4v) is 2.43. The molecule has 2 aromatic rings. The van der Waals surface area contributed by atoms with Gasteiger partial charge in [0, 0.05) is 36.8 Å². The van der Waals surface area contributed by atoms with E-state index < -0.39 is 4.92 Å². The first-order chi connectivity index (χ1) is 12.0. The maximum absolute atomic E-state index is 12.1. The van der Waals surface area contributed by atoms with Crippen LogP contribution in [0.25, 0.3) is 0 Å². The Morgan fingerprint density at radius 1 is 1.20 bits per heavy atom. The molecule has 0 radical (unpaired) electrons. The number of hydrogen-bond donors (Lipinski definition) is 3. The van der Waals surface area contributed by atoms with Crippen LogP contribution in [0.1, 0.15) is 24.5 Å². The summed E-state index contributed by atoms with van der Waals surface area (Å²) in [5.74, 6) is -0.226. The fraction of sp³-hybridized carbons (Fsp3) is 0.278. The van der Waals surface area contributed by atoms with Gasteiger partial charge in [-0.25, -0.2) is 0 Å². The molecule has 2 rings (SSSR count). The minimum atomic E-state index is -0.502. The molecule has 25 heavy (non-hydrogen) atoms. The number of carbonyl (C=O) groups excluding carboxylic acids is 1. The zero-order valence-electron chi connectivity index (χ0n) is 13.9. The standard InChI is InChI=1S/C18H21N3O4/c1-13(19-11-14-5-2-3-6-15(14)12-22)9-18(23)20-16-7-4-8-17(10-16)21(24)25/h2-8,10,13,19,22H,9,11-12H2,1H3,(H,20,23). The molecule has 132 valence electrons. The largest absolute Gasteiger partial charge is 0.392 e. The minimum Gasteiger partial charge on any atom is -0.392 e. The summed E-state index contributed by atoms with van der Waals surface area (Å²) in [5, 5.41) is 26.0. The first kappa shape index (κ1) is 18.6. The third-order valence-electron chi connectivity index (χ3n) is 3.76. The number of benzene rings is 2. The van der Waals surface area contributed by atoms with Crippen molar-refractivity contribution >= 4 is 17.3 Å². The summed E-state index contributed by atoms with van der Waals surface area (Å²) in [6, 6.07) is 13.3. The van der Waals surface area contributed by atoms with E-state index >= 15 is 0 Å². The summed E-state index contributed by atoms with van der Waals surface area (Å²) in [6.07, 6.45) is 0.226. The highest BCUT2D eigenvalue weighted by Gasteiger charge is 2.12. The summed E-state index contributed by atoms with van der Waals surface area (Å²) in [7, 11) is 0. The SMILES string of the molecule is CC(CC(=O)Nc1cccc([N+](=O)[O-])c1)NCc1ccccc1CO. The number of anilines is 1. The second kappa shape index (κ2) is 8.91. The van der Waals surface area contributed by atoms with Gasteiger partial charge in [0.2, 0.25) is 5.91 Å². The van der Waals surface area contributed by atoms with Crippen LogP contribution in [0.5, 0.6) is 0 Å². The van der Waals surface area contributed by atoms with Crippen molar-refractivity contribution in [2.75, 3.05) is 5.32 Å². The van der Waals surface area contributed by atoms with Gasteiger partial charge in [-0.2, -0.15) is 0 Å². The summed E-state index contributed by atoms with van der Waals surface area (Å²) < 4.78 is 0. The number of non-ortho nitro benzene ring substituents is 1. The van der Waals surface area contributed by atoms with Gasteiger partial charge < -0.3 is 15.7 Å². The molecular weight excluding hydrogens is 322 g/mol. The summed E-state index contributed by atoms with van der Waals surface area (Å²) in [4.78, 5) is 22.3. The van der Waals surface area contributed by atoms with Crippen molar-refractivity contribution in [3.8, 4) is 0 Å². The highest BCUT2D eigenvalue weighted by atomic mass is 16.6. The monoisotopic (exact) mass is 343 g/mol. The third kappa shape index (κ3) is 5.66. The van der Waals surface area contributed by atoms with Crippen LogP contribution in [0, 0.1) is 10.1 Å². The number of nitrogens with zero attached hydrogens (tertiary/aromatic N) is 1. The van der Waals surface area contributed by atoms with E-state index in [1.54, 1.807) is 6.07 Å². The Morgan fingerprint density at radius 3 is 2.60 bits per heavy atom. The molecular formula is C18H21N3O4. The lowest BCUT2D eigenvalue weighted by Gasteiger charge is -2.15. The molecule has 0 aliphatic carbocycles. The van der Waals surface area contributed by atoms with Gasteiger partial charge >= 0.3 is 0 Å². The van der Waals surface area contributed by atoms with E-state index in [1.165, 1.54) is 18.2 Å². The van der Waals surface area contributed by atoms with Gasteiger partial charge in [0.25, 0.3) is 5.69 Å². The maximum Gasteiger partial charge on any atom is 0.271 e. The average molecular weight is 343 g/mol. The molecule has 0 saturated carbocycles. The predicted octanol–water partition coefficient (Wildman–Crippen LogP) is 2.59. The molecule has 0 aliphatic rings. The minimum absolute atomic E-state index is 0.0283. The van der Waals surface area contributed by atoms with E-state index in [2.05, 4.69) is 10.6 Å². The van der Waals surface area contributed by atoms with Crippen LogP contribution in [-0.4, -0.2) is 22.0 Å². The van der Waals surface area contributed by atoms with Crippen molar-refractivity contribution in [1.82, 2.24) is 5.32 Å². The average Bonchev–Trinajstić information content (AvgIpc) is 2.60. The zero-order valence-corrected chi connectivity index (χ0v) is 13.9. The molecule has 1 atom stereocenters. The van der Waals surface area contributed by atoms with E-state index in [9.17, 15) is 20.0 Å². The van der Waals surface area contributed by atoms with Crippen molar-refractivity contribution in [3.63, 3.8) is 0 Å². The van der Waals surface area contributed by atoms with Gasteiger partial charge in [-0.1, -0.05) is 30.3 Å². The number of amides is 1. The van der Waals surface area contributed by atoms with E-state index in [0.29, 0.717) is 12.2 Å². The smallest absolute Gasteiger partial charge is 0.271 e. The topological polar surface area (TPSA) is 104 Å². The van der Waals surface area contributed by atoms with Gasteiger partial charge in [-0.3, -0.25) is 14.9 Å². The van der Waals surface area contributed by atoms with Crippen molar-refractivity contribution in [3.05, 3.63) is 69.8 Å². The summed E-state index contributed by atoms with van der Waals surface area (Å²) in [5.41, 5.74) is 2.17. The molecule has 0 heterocycles. The highest BCUT2D eigenvalue weighted by molar-refractivity contribution is 5.91. The van der Waals surface area contributed by atoms with Crippen molar-refractivity contribution < 1.29 is 14.8 Å². The van der Waals surface area contributed by atoms with Gasteiger partial charge in [-0.05, 0) is 24.1 Å². The molecule has 0 saturated heterocycles. The van der Waals surface area contributed by atoms with Gasteiger partial charge in [0.1, 0.15) is 0 Å². The second-order valence-electron chi connectivity index (χ2n) is 5.77. The molecule has 1 amide bonds. The molecule has 0 aromatic heterocycles. The van der Waals surface area contributed by atoms with Crippen LogP contribution in [0.3, 0.4) is 0 Å². The lowest BCUT2D eigenvalue weighted by molar-refractivity contribution is -0.384. The molecule has 7 heteroatoms. The first-order valence-electron chi connectivity index (χ1n) is 7.95. The van der Waals surface area contributed by atoms with E-state index in [-0.39, 0.29) is 30.7 Å². The third-order valence-corrected chi connectivity index (χ3v) is 3.76. The Morgan fingerprint density at radius 2 is 1.92 bits per heavy atom. The van der Waals surface area contributed by atoms with Crippen molar-refractivity contribution in [1.29, 1.82) is 0 Å². The second-order valence-corrected chi connectivity index (χ2v) is 5.77. The van der Waals surface area contributed by atoms with Crippen molar-refractivity contribution in [2.45, 2.75) is 32.5 Å². The van der Waals surface area contributed by atoms with Crippen LogP contribution >= 0.6 is 0 Å². The summed E-state index contributed by atoms with van der Waals surface area (Å²) in [6.45, 7) is 2.40. The number of carbonyl (C=O) groups is 1. The van der Waals surface area contributed by atoms with Crippen LogP contribution in [-0.2, 0) is 17.9 Å². The maximum atomic E-state index is 12.1. The number of nitrogens with one attached hydrogen (secondary N) is 2. The number of aliphatic hydroxyl groups is 1. The molecule has 0 bridgehead atoms. The molecule has 0 aliphatic heterocycles. The zero-order chi connectivity index (χ0) is 18.2. The van der Waals surface area contributed by atoms with Crippen LogP contribution in [0.2, 0.25) is 0 Å². The lowest BCUT2D eigenvalue weighted by Crippen LogP contribution is -2.30. The quantitative estimate of drug-likeness (QED) is 0.505. The Bertz CT molecular complexity index is 749. The number of hydrogen-bond acceptors (Lipinski definition) is 5. The van der Waals surface area contributed by atoms with E-state index in [0.717, 1.165) is 11.1 Å². The Balaban J connectivity index is 1.86. The fourth-order valence-electron chi connectivity index (χ4n) is 2.43. The molecule has 7 nitrogen and oxygen atoms in total. The van der Waals surface area contributed by atoms with E-state index in [4.69, 9.17) is 0 Å². The molecule has 3 N–H and O–H groups in total. The molecule has 0 fully saturated rings. The first-order valence-corrected chi connectivity index (χ1v) is 7.95. The van der Waals surface area contributed by atoms with E-state index in [1.807, 2.05) is 31.2 Å². The predicted molar refractivity (Wildman–Crippen MR) is 95.0 cm³/mol. The van der Waals surface area contributed by atoms with Crippen LogP contribution < -0.4 is 10.6 Å². The Labute approximate surface area is 145 Å². The Kier molecular flexibility index (Phi) is 6.62. The number of aliphatic hydroxyl groups excluding tert-OH is 1. The molecule has 1 unspecified atom stereocenters. The van der Waals surface area contributed by atoms with Crippen LogP contribution in [0.4, 0.5) is 11.4 Å². The number of nitro groups is 1. The lowest BCUT2D eigenvalue weighted by atomic mass is 10.1. The number of rotatable bonds is 8.